The average molecular weight is 307 g/mol. The summed E-state index contributed by atoms with van der Waals surface area (Å²) in [4.78, 5) is 17.4. The van der Waals surface area contributed by atoms with Gasteiger partial charge in [0.15, 0.2) is 5.96 Å². The first-order chi connectivity index (χ1) is 10.5. The van der Waals surface area contributed by atoms with E-state index in [1.165, 1.54) is 4.90 Å². The Hall–Kier alpha value is -2.38. The van der Waals surface area contributed by atoms with Crippen LogP contribution in [0.15, 0.2) is 29.5 Å². The van der Waals surface area contributed by atoms with E-state index in [1.54, 1.807) is 25.0 Å². The highest BCUT2D eigenvalue weighted by Gasteiger charge is 2.04. The number of nitrogens with one attached hydrogen (secondary N) is 2. The Morgan fingerprint density at radius 1 is 1.41 bits per heavy atom. The molecule has 1 rings (SSSR count). The molecule has 122 valence electrons. The maximum absolute atomic E-state index is 11.6. The standard InChI is InChI=1S/C14H25N7O/c1-12(2)10-16-14(17-11-13(22)20(3)4)15-6-5-8-21-9-7-18-19-21/h7,9H,1,5-6,8,10-11H2,2-4H3,(H2,15,16,17). The fourth-order valence-electron chi connectivity index (χ4n) is 1.50. The lowest BCUT2D eigenvalue weighted by molar-refractivity contribution is -0.127. The van der Waals surface area contributed by atoms with Gasteiger partial charge >= 0.3 is 0 Å². The Bertz CT molecular complexity index is 493. The minimum Gasteiger partial charge on any atom is -0.356 e. The van der Waals surface area contributed by atoms with Crippen molar-refractivity contribution < 1.29 is 4.79 Å². The van der Waals surface area contributed by atoms with Gasteiger partial charge in [-0.3, -0.25) is 9.48 Å². The van der Waals surface area contributed by atoms with Crippen molar-refractivity contribution in [1.29, 1.82) is 0 Å². The highest BCUT2D eigenvalue weighted by molar-refractivity contribution is 5.84. The van der Waals surface area contributed by atoms with Crippen LogP contribution in [0.5, 0.6) is 0 Å². The molecule has 0 radical (unpaired) electrons. The molecule has 0 bridgehead atoms. The van der Waals surface area contributed by atoms with E-state index in [9.17, 15) is 4.79 Å². The summed E-state index contributed by atoms with van der Waals surface area (Å²) in [5.41, 5.74) is 0.996. The van der Waals surface area contributed by atoms with Gasteiger partial charge in [-0.15, -0.1) is 5.10 Å². The first-order valence-electron chi connectivity index (χ1n) is 7.20. The number of aromatic nitrogens is 3. The fourth-order valence-corrected chi connectivity index (χ4v) is 1.50. The summed E-state index contributed by atoms with van der Waals surface area (Å²) in [6, 6.07) is 0. The molecular weight excluding hydrogens is 282 g/mol. The molecule has 8 nitrogen and oxygen atoms in total. The minimum atomic E-state index is -0.0426. The summed E-state index contributed by atoms with van der Waals surface area (Å²) >= 11 is 0. The SMILES string of the molecule is C=C(C)CNC(=NCC(=O)N(C)C)NCCCn1ccnn1. The van der Waals surface area contributed by atoms with E-state index in [0.717, 1.165) is 25.1 Å². The number of likely N-dealkylation sites (N-methyl/N-ethyl adjacent to an activating group) is 1. The van der Waals surface area contributed by atoms with Crippen LogP contribution in [-0.2, 0) is 11.3 Å². The molecule has 0 saturated heterocycles. The molecule has 1 aromatic heterocycles. The van der Waals surface area contributed by atoms with Crippen LogP contribution in [0.25, 0.3) is 0 Å². The smallest absolute Gasteiger partial charge is 0.243 e. The van der Waals surface area contributed by atoms with Gasteiger partial charge in [0, 0.05) is 39.9 Å². The second-order valence-corrected chi connectivity index (χ2v) is 5.21. The highest BCUT2D eigenvalue weighted by atomic mass is 16.2. The number of carbonyl (C=O) groups is 1. The zero-order valence-corrected chi connectivity index (χ0v) is 13.5. The van der Waals surface area contributed by atoms with Gasteiger partial charge in [0.25, 0.3) is 0 Å². The molecule has 8 heteroatoms. The molecule has 1 heterocycles. The molecule has 0 saturated carbocycles. The maximum atomic E-state index is 11.6. The van der Waals surface area contributed by atoms with Gasteiger partial charge in [0.05, 0.1) is 6.20 Å². The average Bonchev–Trinajstić information content (AvgIpc) is 2.97. The predicted octanol–water partition coefficient (Wildman–Crippen LogP) is -0.132. The third-order valence-corrected chi connectivity index (χ3v) is 2.76. The van der Waals surface area contributed by atoms with Crippen molar-refractivity contribution in [2.45, 2.75) is 19.9 Å². The molecular formula is C14H25N7O. The molecule has 0 spiro atoms. The molecule has 0 atom stereocenters. The largest absolute Gasteiger partial charge is 0.356 e. The molecule has 1 amide bonds. The van der Waals surface area contributed by atoms with Gasteiger partial charge in [0.1, 0.15) is 6.54 Å². The first-order valence-corrected chi connectivity index (χ1v) is 7.20. The Kier molecular flexibility index (Phi) is 7.66. The predicted molar refractivity (Wildman–Crippen MR) is 86.5 cm³/mol. The van der Waals surface area contributed by atoms with Gasteiger partial charge in [0.2, 0.25) is 5.91 Å². The van der Waals surface area contributed by atoms with Crippen molar-refractivity contribution in [2.75, 3.05) is 33.7 Å². The Balaban J connectivity index is 2.40. The number of rotatable bonds is 8. The lowest BCUT2D eigenvalue weighted by Crippen LogP contribution is -2.39. The van der Waals surface area contributed by atoms with Crippen LogP contribution < -0.4 is 10.6 Å². The van der Waals surface area contributed by atoms with E-state index >= 15 is 0 Å². The van der Waals surface area contributed by atoms with E-state index in [0.29, 0.717) is 12.5 Å². The van der Waals surface area contributed by atoms with E-state index in [-0.39, 0.29) is 12.5 Å². The maximum Gasteiger partial charge on any atom is 0.243 e. The zero-order valence-electron chi connectivity index (χ0n) is 13.5. The lowest BCUT2D eigenvalue weighted by atomic mass is 10.3. The van der Waals surface area contributed by atoms with Crippen molar-refractivity contribution in [3.8, 4) is 0 Å². The molecule has 0 fully saturated rings. The van der Waals surface area contributed by atoms with Crippen molar-refractivity contribution >= 4 is 11.9 Å². The summed E-state index contributed by atoms with van der Waals surface area (Å²) in [7, 11) is 3.43. The summed E-state index contributed by atoms with van der Waals surface area (Å²) < 4.78 is 1.77. The van der Waals surface area contributed by atoms with Gasteiger partial charge in [-0.05, 0) is 13.3 Å². The molecule has 0 aromatic carbocycles. The topological polar surface area (TPSA) is 87.4 Å². The highest BCUT2D eigenvalue weighted by Crippen LogP contribution is 1.88. The number of hydrogen-bond donors (Lipinski definition) is 2. The number of aliphatic imine (C=N–C) groups is 1. The number of nitrogens with zero attached hydrogens (tertiary/aromatic N) is 5. The Morgan fingerprint density at radius 3 is 2.77 bits per heavy atom. The minimum absolute atomic E-state index is 0.0426. The second kappa shape index (κ2) is 9.54. The van der Waals surface area contributed by atoms with Gasteiger partial charge in [-0.1, -0.05) is 17.4 Å². The van der Waals surface area contributed by atoms with E-state index in [2.05, 4.69) is 32.5 Å². The molecule has 0 aliphatic rings. The van der Waals surface area contributed by atoms with Crippen molar-refractivity contribution in [1.82, 2.24) is 30.5 Å². The Morgan fingerprint density at radius 2 is 2.18 bits per heavy atom. The summed E-state index contributed by atoms with van der Waals surface area (Å²) in [5, 5.41) is 14.0. The summed E-state index contributed by atoms with van der Waals surface area (Å²) in [6.45, 7) is 8.00. The number of carbonyl (C=O) groups excluding carboxylic acids is 1. The summed E-state index contributed by atoms with van der Waals surface area (Å²) in [6.07, 6.45) is 4.35. The molecule has 0 aliphatic heterocycles. The van der Waals surface area contributed by atoms with E-state index in [1.807, 2.05) is 13.1 Å². The van der Waals surface area contributed by atoms with Crippen molar-refractivity contribution in [2.24, 2.45) is 4.99 Å². The zero-order chi connectivity index (χ0) is 16.4. The number of amides is 1. The normalized spacial score (nSPS) is 11.1. The van der Waals surface area contributed by atoms with Gasteiger partial charge < -0.3 is 15.5 Å². The molecule has 0 aliphatic carbocycles. The van der Waals surface area contributed by atoms with E-state index < -0.39 is 0 Å². The quantitative estimate of drug-likeness (QED) is 0.302. The molecule has 22 heavy (non-hydrogen) atoms. The van der Waals surface area contributed by atoms with Crippen LogP contribution in [-0.4, -0.2) is 65.5 Å². The number of hydrogen-bond acceptors (Lipinski definition) is 4. The Labute approximate surface area is 131 Å². The van der Waals surface area contributed by atoms with Crippen molar-refractivity contribution in [3.05, 3.63) is 24.5 Å². The summed E-state index contributed by atoms with van der Waals surface area (Å²) in [5.74, 6) is 0.566. The molecule has 2 N–H and O–H groups in total. The van der Waals surface area contributed by atoms with Gasteiger partial charge in [-0.2, -0.15) is 0 Å². The lowest BCUT2D eigenvalue weighted by Gasteiger charge is -2.13. The van der Waals surface area contributed by atoms with Crippen LogP contribution in [0.3, 0.4) is 0 Å². The number of guanidine groups is 1. The first kappa shape index (κ1) is 17.7. The fraction of sp³-hybridized carbons (Fsp3) is 0.571. The van der Waals surface area contributed by atoms with Crippen LogP contribution in [0.1, 0.15) is 13.3 Å². The van der Waals surface area contributed by atoms with Crippen LogP contribution in [0.4, 0.5) is 0 Å². The molecule has 1 aromatic rings. The van der Waals surface area contributed by atoms with Crippen molar-refractivity contribution in [3.63, 3.8) is 0 Å². The van der Waals surface area contributed by atoms with Crippen LogP contribution in [0, 0.1) is 0 Å². The third kappa shape index (κ3) is 7.41. The molecule has 0 unspecified atom stereocenters. The second-order valence-electron chi connectivity index (χ2n) is 5.21. The van der Waals surface area contributed by atoms with Gasteiger partial charge in [-0.25, -0.2) is 4.99 Å². The third-order valence-electron chi connectivity index (χ3n) is 2.76. The van der Waals surface area contributed by atoms with Crippen LogP contribution >= 0.6 is 0 Å². The van der Waals surface area contributed by atoms with Crippen LogP contribution in [0.2, 0.25) is 0 Å². The monoisotopic (exact) mass is 307 g/mol. The number of aryl methyl sites for hydroxylation is 1. The van der Waals surface area contributed by atoms with E-state index in [4.69, 9.17) is 0 Å².